The lowest BCUT2D eigenvalue weighted by Gasteiger charge is -2.38. The first-order valence-corrected chi connectivity index (χ1v) is 9.57. The number of hydrogen-bond donors (Lipinski definition) is 1. The predicted octanol–water partition coefficient (Wildman–Crippen LogP) is 2.16. The van der Waals surface area contributed by atoms with Crippen molar-refractivity contribution in [2.75, 3.05) is 13.2 Å². The van der Waals surface area contributed by atoms with E-state index in [1.54, 1.807) is 6.20 Å². The number of benzene rings is 1. The number of aromatic nitrogens is 1. The standard InChI is InChI=1S/C17H22N2O3S/c1-13-5-4-10-19(16(13)11-20)23(21,22)12-15-7-2-6-14-8-3-9-18-17(14)15/h2-3,6-9,13,16,20H,4-5,10-12H2,1H3. The molecule has 0 aliphatic carbocycles. The van der Waals surface area contributed by atoms with Gasteiger partial charge in [0.1, 0.15) is 0 Å². The Hall–Kier alpha value is -1.50. The molecule has 2 atom stereocenters. The van der Waals surface area contributed by atoms with Crippen molar-refractivity contribution in [2.45, 2.75) is 31.6 Å². The Morgan fingerprint density at radius 3 is 2.87 bits per heavy atom. The Kier molecular flexibility index (Phi) is 4.66. The quantitative estimate of drug-likeness (QED) is 0.930. The van der Waals surface area contributed by atoms with Gasteiger partial charge in [0.25, 0.3) is 0 Å². The molecule has 2 heterocycles. The molecule has 1 aliphatic heterocycles. The summed E-state index contributed by atoms with van der Waals surface area (Å²) in [5.74, 6) is 0.0964. The zero-order chi connectivity index (χ0) is 16.4. The molecule has 0 amide bonds. The zero-order valence-electron chi connectivity index (χ0n) is 13.2. The molecule has 1 aliphatic rings. The molecule has 6 heteroatoms. The summed E-state index contributed by atoms with van der Waals surface area (Å²) in [5, 5.41) is 10.6. The van der Waals surface area contributed by atoms with Crippen LogP contribution in [0, 0.1) is 5.92 Å². The number of rotatable bonds is 4. The molecular formula is C17H22N2O3S. The lowest BCUT2D eigenvalue weighted by molar-refractivity contribution is 0.113. The van der Waals surface area contributed by atoms with Gasteiger partial charge in [-0.05, 0) is 30.4 Å². The van der Waals surface area contributed by atoms with Crippen LogP contribution in [0.2, 0.25) is 0 Å². The van der Waals surface area contributed by atoms with Gasteiger partial charge in [-0.3, -0.25) is 4.98 Å². The second-order valence-electron chi connectivity index (χ2n) is 6.23. The smallest absolute Gasteiger partial charge is 0.218 e. The lowest BCUT2D eigenvalue weighted by atomic mass is 9.93. The van der Waals surface area contributed by atoms with Gasteiger partial charge in [-0.15, -0.1) is 0 Å². The normalized spacial score (nSPS) is 23.2. The second-order valence-corrected chi connectivity index (χ2v) is 8.15. The highest BCUT2D eigenvalue weighted by Crippen LogP contribution is 2.28. The van der Waals surface area contributed by atoms with Crippen molar-refractivity contribution in [3.8, 4) is 0 Å². The van der Waals surface area contributed by atoms with E-state index in [0.717, 1.165) is 23.7 Å². The van der Waals surface area contributed by atoms with Crippen LogP contribution in [0.25, 0.3) is 10.9 Å². The van der Waals surface area contributed by atoms with Crippen LogP contribution in [0.3, 0.4) is 0 Å². The van der Waals surface area contributed by atoms with E-state index in [1.165, 1.54) is 4.31 Å². The molecule has 0 saturated carbocycles. The summed E-state index contributed by atoms with van der Waals surface area (Å²) in [6.07, 6.45) is 3.47. The van der Waals surface area contributed by atoms with Crippen LogP contribution in [0.1, 0.15) is 25.3 Å². The van der Waals surface area contributed by atoms with Gasteiger partial charge in [0.2, 0.25) is 10.0 Å². The first-order chi connectivity index (χ1) is 11.0. The number of aliphatic hydroxyl groups is 1. The van der Waals surface area contributed by atoms with E-state index >= 15 is 0 Å². The molecule has 1 aromatic heterocycles. The van der Waals surface area contributed by atoms with Gasteiger partial charge in [-0.2, -0.15) is 4.31 Å². The minimum Gasteiger partial charge on any atom is -0.395 e. The second kappa shape index (κ2) is 6.55. The van der Waals surface area contributed by atoms with E-state index in [1.807, 2.05) is 37.3 Å². The Labute approximate surface area is 137 Å². The monoisotopic (exact) mass is 334 g/mol. The molecule has 0 bridgehead atoms. The van der Waals surface area contributed by atoms with E-state index in [0.29, 0.717) is 12.1 Å². The minimum atomic E-state index is -3.49. The number of pyridine rings is 1. The van der Waals surface area contributed by atoms with Crippen molar-refractivity contribution < 1.29 is 13.5 Å². The molecule has 0 spiro atoms. The summed E-state index contributed by atoms with van der Waals surface area (Å²) < 4.78 is 27.3. The lowest BCUT2D eigenvalue weighted by Crippen LogP contribution is -2.49. The molecule has 0 radical (unpaired) electrons. The van der Waals surface area contributed by atoms with Gasteiger partial charge in [-0.1, -0.05) is 31.2 Å². The topological polar surface area (TPSA) is 70.5 Å². The molecule has 3 rings (SSSR count). The van der Waals surface area contributed by atoms with E-state index in [2.05, 4.69) is 4.98 Å². The fraction of sp³-hybridized carbons (Fsp3) is 0.471. The SMILES string of the molecule is CC1CCCN(S(=O)(=O)Cc2cccc3cccnc23)C1CO. The number of aliphatic hydroxyl groups excluding tert-OH is 1. The van der Waals surface area contributed by atoms with Crippen LogP contribution >= 0.6 is 0 Å². The maximum Gasteiger partial charge on any atom is 0.218 e. The van der Waals surface area contributed by atoms with Gasteiger partial charge in [0.15, 0.2) is 0 Å². The van der Waals surface area contributed by atoms with Gasteiger partial charge in [0, 0.05) is 18.1 Å². The summed E-state index contributed by atoms with van der Waals surface area (Å²) in [6.45, 7) is 2.35. The Morgan fingerprint density at radius 2 is 2.09 bits per heavy atom. The summed E-state index contributed by atoms with van der Waals surface area (Å²) in [7, 11) is -3.49. The van der Waals surface area contributed by atoms with Crippen molar-refractivity contribution in [2.24, 2.45) is 5.92 Å². The van der Waals surface area contributed by atoms with E-state index in [9.17, 15) is 13.5 Å². The fourth-order valence-electron chi connectivity index (χ4n) is 3.39. The average Bonchev–Trinajstić information content (AvgIpc) is 2.54. The minimum absolute atomic E-state index is 0.0788. The van der Waals surface area contributed by atoms with Gasteiger partial charge in [-0.25, -0.2) is 8.42 Å². The molecule has 124 valence electrons. The number of fused-ring (bicyclic) bond motifs is 1. The van der Waals surface area contributed by atoms with Crippen LogP contribution in [-0.4, -0.2) is 42.0 Å². The van der Waals surface area contributed by atoms with Crippen molar-refractivity contribution in [3.63, 3.8) is 0 Å². The molecule has 2 aromatic rings. The third-order valence-electron chi connectivity index (χ3n) is 4.66. The predicted molar refractivity (Wildman–Crippen MR) is 90.3 cm³/mol. The molecule has 2 unspecified atom stereocenters. The number of sulfonamides is 1. The third-order valence-corrected chi connectivity index (χ3v) is 6.51. The summed E-state index contributed by atoms with van der Waals surface area (Å²) >= 11 is 0. The molecule has 1 fully saturated rings. The van der Waals surface area contributed by atoms with Crippen molar-refractivity contribution in [1.82, 2.24) is 9.29 Å². The summed E-state index contributed by atoms with van der Waals surface area (Å²) in [4.78, 5) is 4.33. The summed E-state index contributed by atoms with van der Waals surface area (Å²) in [5.41, 5.74) is 1.43. The molecule has 5 nitrogen and oxygen atoms in total. The van der Waals surface area contributed by atoms with E-state index in [-0.39, 0.29) is 24.3 Å². The number of nitrogens with zero attached hydrogens (tertiary/aromatic N) is 2. The van der Waals surface area contributed by atoms with Crippen molar-refractivity contribution in [3.05, 3.63) is 42.1 Å². The highest BCUT2D eigenvalue weighted by molar-refractivity contribution is 7.88. The zero-order valence-corrected chi connectivity index (χ0v) is 14.0. The maximum absolute atomic E-state index is 12.9. The van der Waals surface area contributed by atoms with Crippen LogP contribution in [-0.2, 0) is 15.8 Å². The van der Waals surface area contributed by atoms with Crippen LogP contribution in [0.15, 0.2) is 36.5 Å². The number of para-hydroxylation sites is 1. The molecular weight excluding hydrogens is 312 g/mol. The van der Waals surface area contributed by atoms with Crippen molar-refractivity contribution >= 4 is 20.9 Å². The first-order valence-electron chi connectivity index (χ1n) is 7.96. The third kappa shape index (κ3) is 3.24. The largest absolute Gasteiger partial charge is 0.395 e. The average molecular weight is 334 g/mol. The highest BCUT2D eigenvalue weighted by atomic mass is 32.2. The molecule has 1 N–H and O–H groups in total. The Bertz CT molecular complexity index is 786. The first kappa shape index (κ1) is 16.4. The van der Waals surface area contributed by atoms with Crippen LogP contribution < -0.4 is 0 Å². The fourth-order valence-corrected chi connectivity index (χ4v) is 5.28. The van der Waals surface area contributed by atoms with Crippen LogP contribution in [0.4, 0.5) is 0 Å². The molecule has 1 saturated heterocycles. The highest BCUT2D eigenvalue weighted by Gasteiger charge is 2.36. The van der Waals surface area contributed by atoms with Crippen molar-refractivity contribution in [1.29, 1.82) is 0 Å². The summed E-state index contributed by atoms with van der Waals surface area (Å²) in [6, 6.07) is 9.05. The molecule has 23 heavy (non-hydrogen) atoms. The van der Waals surface area contributed by atoms with E-state index in [4.69, 9.17) is 0 Å². The maximum atomic E-state index is 12.9. The van der Waals surface area contributed by atoms with Gasteiger partial charge < -0.3 is 5.11 Å². The van der Waals surface area contributed by atoms with Crippen LogP contribution in [0.5, 0.6) is 0 Å². The Balaban J connectivity index is 1.94. The van der Waals surface area contributed by atoms with Gasteiger partial charge >= 0.3 is 0 Å². The Morgan fingerprint density at radius 1 is 1.30 bits per heavy atom. The number of hydrogen-bond acceptors (Lipinski definition) is 4. The van der Waals surface area contributed by atoms with E-state index < -0.39 is 10.0 Å². The molecule has 1 aromatic carbocycles. The number of piperidine rings is 1. The van der Waals surface area contributed by atoms with Gasteiger partial charge in [0.05, 0.1) is 23.9 Å².